The molecule has 0 aliphatic heterocycles. The van der Waals surface area contributed by atoms with Gasteiger partial charge in [-0.15, -0.1) is 0 Å². The van der Waals surface area contributed by atoms with Crippen LogP contribution in [-0.4, -0.2) is 27.1 Å². The molecular weight excluding hydrogens is 326 g/mol. The number of carbonyl (C=O) groups is 1. The normalized spacial score (nSPS) is 10.2. The zero-order valence-corrected chi connectivity index (χ0v) is 14.5. The maximum atomic E-state index is 12.0. The first-order valence-corrected chi connectivity index (χ1v) is 7.78. The van der Waals surface area contributed by atoms with Crippen molar-refractivity contribution in [2.75, 3.05) is 5.32 Å². The molecule has 0 bridgehead atoms. The van der Waals surface area contributed by atoms with Crippen LogP contribution >= 0.6 is 12.2 Å². The van der Waals surface area contributed by atoms with Crippen LogP contribution in [0.5, 0.6) is 5.75 Å². The second-order valence-corrected chi connectivity index (χ2v) is 5.66. The molecule has 1 amide bonds. The van der Waals surface area contributed by atoms with E-state index in [4.69, 9.17) is 17.0 Å². The second-order valence-electron chi connectivity index (χ2n) is 5.25. The summed E-state index contributed by atoms with van der Waals surface area (Å²) >= 11 is 5.11. The number of hydrogen-bond donors (Lipinski definition) is 3. The standard InChI is InChI=1S/C16H19N5O2S/c1-10(2)23-12-6-7-13(18-9-12)15(22)20-21-16(24)19-14-11(3)5-4-8-17-14/h4-10H,1-3H3,(H,20,22)(H2,17,19,21,24). The Morgan fingerprint density at radius 3 is 2.62 bits per heavy atom. The third-order valence-electron chi connectivity index (χ3n) is 2.87. The number of anilines is 1. The van der Waals surface area contributed by atoms with E-state index in [0.717, 1.165) is 5.56 Å². The van der Waals surface area contributed by atoms with Gasteiger partial charge in [-0.2, -0.15) is 0 Å². The molecule has 0 aliphatic rings. The first-order valence-electron chi connectivity index (χ1n) is 7.37. The summed E-state index contributed by atoms with van der Waals surface area (Å²) in [5.41, 5.74) is 6.27. The number of hydrazine groups is 1. The van der Waals surface area contributed by atoms with Crippen molar-refractivity contribution in [1.82, 2.24) is 20.8 Å². The molecule has 7 nitrogen and oxygen atoms in total. The molecule has 24 heavy (non-hydrogen) atoms. The molecule has 2 aromatic heterocycles. The number of hydrogen-bond acceptors (Lipinski definition) is 5. The molecule has 8 heteroatoms. The first-order chi connectivity index (χ1) is 11.5. The fraction of sp³-hybridized carbons (Fsp3) is 0.250. The predicted octanol–water partition coefficient (Wildman–Crippen LogP) is 2.20. The summed E-state index contributed by atoms with van der Waals surface area (Å²) in [6, 6.07) is 7.00. The Balaban J connectivity index is 1.86. The largest absolute Gasteiger partial charge is 0.489 e. The summed E-state index contributed by atoms with van der Waals surface area (Å²) in [5.74, 6) is 0.822. The number of carbonyl (C=O) groups excluding carboxylic acids is 1. The molecule has 0 fully saturated rings. The van der Waals surface area contributed by atoms with Crippen LogP contribution < -0.4 is 20.9 Å². The molecule has 2 rings (SSSR count). The average molecular weight is 345 g/mol. The van der Waals surface area contributed by atoms with E-state index in [2.05, 4.69) is 26.1 Å². The molecule has 2 heterocycles. The zero-order chi connectivity index (χ0) is 17.5. The van der Waals surface area contributed by atoms with Crippen LogP contribution in [0.15, 0.2) is 36.7 Å². The third kappa shape index (κ3) is 5.17. The van der Waals surface area contributed by atoms with Gasteiger partial charge in [-0.05, 0) is 56.8 Å². The van der Waals surface area contributed by atoms with Crippen LogP contribution in [0.25, 0.3) is 0 Å². The van der Waals surface area contributed by atoms with Gasteiger partial charge in [0.25, 0.3) is 5.91 Å². The van der Waals surface area contributed by atoms with Crippen LogP contribution in [0.3, 0.4) is 0 Å². The smallest absolute Gasteiger partial charge is 0.288 e. The van der Waals surface area contributed by atoms with E-state index in [1.54, 1.807) is 18.3 Å². The lowest BCUT2D eigenvalue weighted by Gasteiger charge is -2.12. The van der Waals surface area contributed by atoms with Gasteiger partial charge in [-0.1, -0.05) is 6.07 Å². The molecule has 0 unspecified atom stereocenters. The average Bonchev–Trinajstić information content (AvgIpc) is 2.55. The summed E-state index contributed by atoms with van der Waals surface area (Å²) in [7, 11) is 0. The lowest BCUT2D eigenvalue weighted by molar-refractivity contribution is 0.0939. The fourth-order valence-electron chi connectivity index (χ4n) is 1.79. The maximum Gasteiger partial charge on any atom is 0.288 e. The molecule has 2 aromatic rings. The Morgan fingerprint density at radius 1 is 1.21 bits per heavy atom. The number of nitrogens with zero attached hydrogens (tertiary/aromatic N) is 2. The quantitative estimate of drug-likeness (QED) is 0.578. The molecule has 0 radical (unpaired) electrons. The second kappa shape index (κ2) is 8.21. The molecule has 3 N–H and O–H groups in total. The molecule has 0 atom stereocenters. The number of amides is 1. The SMILES string of the molecule is Cc1cccnc1NC(=S)NNC(=O)c1ccc(OC(C)C)cn1. The van der Waals surface area contributed by atoms with Crippen molar-refractivity contribution in [3.05, 3.63) is 47.9 Å². The highest BCUT2D eigenvalue weighted by Gasteiger charge is 2.09. The maximum absolute atomic E-state index is 12.0. The van der Waals surface area contributed by atoms with Gasteiger partial charge in [-0.3, -0.25) is 15.6 Å². The highest BCUT2D eigenvalue weighted by Crippen LogP contribution is 2.11. The van der Waals surface area contributed by atoms with Crippen LogP contribution in [0.4, 0.5) is 5.82 Å². The summed E-state index contributed by atoms with van der Waals surface area (Å²) < 4.78 is 5.48. The minimum absolute atomic E-state index is 0.0478. The predicted molar refractivity (Wildman–Crippen MR) is 95.8 cm³/mol. The van der Waals surface area contributed by atoms with E-state index in [1.807, 2.05) is 32.9 Å². The number of nitrogens with one attached hydrogen (secondary N) is 3. The number of aryl methyl sites for hydroxylation is 1. The van der Waals surface area contributed by atoms with E-state index >= 15 is 0 Å². The molecule has 0 spiro atoms. The molecule has 0 aliphatic carbocycles. The van der Waals surface area contributed by atoms with E-state index in [0.29, 0.717) is 11.6 Å². The minimum atomic E-state index is -0.409. The van der Waals surface area contributed by atoms with Gasteiger partial charge in [-0.25, -0.2) is 9.97 Å². The van der Waals surface area contributed by atoms with Crippen LogP contribution in [0.2, 0.25) is 0 Å². The Kier molecular flexibility index (Phi) is 6.02. The first kappa shape index (κ1) is 17.6. The van der Waals surface area contributed by atoms with Gasteiger partial charge in [0.15, 0.2) is 5.11 Å². The minimum Gasteiger partial charge on any atom is -0.489 e. The topological polar surface area (TPSA) is 88.2 Å². The van der Waals surface area contributed by atoms with E-state index < -0.39 is 5.91 Å². The fourth-order valence-corrected chi connectivity index (χ4v) is 1.94. The number of pyridine rings is 2. The van der Waals surface area contributed by atoms with Gasteiger partial charge in [0, 0.05) is 6.20 Å². The molecule has 0 saturated heterocycles. The van der Waals surface area contributed by atoms with Crippen LogP contribution in [0, 0.1) is 6.92 Å². The summed E-state index contributed by atoms with van der Waals surface area (Å²) in [5, 5.41) is 3.13. The Morgan fingerprint density at radius 2 is 2.00 bits per heavy atom. The van der Waals surface area contributed by atoms with Gasteiger partial charge in [0.1, 0.15) is 17.3 Å². The molecule has 126 valence electrons. The van der Waals surface area contributed by atoms with Crippen molar-refractivity contribution < 1.29 is 9.53 Å². The van der Waals surface area contributed by atoms with Crippen molar-refractivity contribution in [2.24, 2.45) is 0 Å². The van der Waals surface area contributed by atoms with Crippen molar-refractivity contribution >= 4 is 29.1 Å². The van der Waals surface area contributed by atoms with Gasteiger partial charge in [0.2, 0.25) is 0 Å². The summed E-state index contributed by atoms with van der Waals surface area (Å²) in [6.07, 6.45) is 3.20. The van der Waals surface area contributed by atoms with Crippen molar-refractivity contribution in [1.29, 1.82) is 0 Å². The van der Waals surface area contributed by atoms with E-state index in [1.165, 1.54) is 6.20 Å². The summed E-state index contributed by atoms with van der Waals surface area (Å²) in [6.45, 7) is 5.74. The molecule has 0 saturated carbocycles. The van der Waals surface area contributed by atoms with Gasteiger partial charge < -0.3 is 10.1 Å². The molecule has 0 aromatic carbocycles. The highest BCUT2D eigenvalue weighted by molar-refractivity contribution is 7.80. The lowest BCUT2D eigenvalue weighted by atomic mass is 10.3. The van der Waals surface area contributed by atoms with E-state index in [-0.39, 0.29) is 16.9 Å². The number of ether oxygens (including phenoxy) is 1. The van der Waals surface area contributed by atoms with Crippen LogP contribution in [-0.2, 0) is 0 Å². The lowest BCUT2D eigenvalue weighted by Crippen LogP contribution is -2.44. The molecular formula is C16H19N5O2S. The van der Waals surface area contributed by atoms with Crippen LogP contribution in [0.1, 0.15) is 29.9 Å². The Bertz CT molecular complexity index is 719. The Labute approximate surface area is 145 Å². The number of thiocarbonyl (C=S) groups is 1. The number of rotatable bonds is 4. The monoisotopic (exact) mass is 345 g/mol. The zero-order valence-electron chi connectivity index (χ0n) is 13.7. The van der Waals surface area contributed by atoms with Crippen molar-refractivity contribution in [3.8, 4) is 5.75 Å². The highest BCUT2D eigenvalue weighted by atomic mass is 32.1. The third-order valence-corrected chi connectivity index (χ3v) is 3.08. The van der Waals surface area contributed by atoms with Gasteiger partial charge >= 0.3 is 0 Å². The van der Waals surface area contributed by atoms with Gasteiger partial charge in [0.05, 0.1) is 12.3 Å². The van der Waals surface area contributed by atoms with Crippen molar-refractivity contribution in [3.63, 3.8) is 0 Å². The van der Waals surface area contributed by atoms with E-state index in [9.17, 15) is 4.79 Å². The Hall–Kier alpha value is -2.74. The number of aromatic nitrogens is 2. The van der Waals surface area contributed by atoms with Crippen molar-refractivity contribution in [2.45, 2.75) is 26.9 Å². The summed E-state index contributed by atoms with van der Waals surface area (Å²) in [4.78, 5) is 20.2.